The van der Waals surface area contributed by atoms with Crippen LogP contribution >= 0.6 is 0 Å². The highest BCUT2D eigenvalue weighted by molar-refractivity contribution is 5.62. The average Bonchev–Trinajstić information content (AvgIpc) is 3.08. The molecule has 1 aromatic carbocycles. The van der Waals surface area contributed by atoms with Gasteiger partial charge in [0.15, 0.2) is 0 Å². The van der Waals surface area contributed by atoms with E-state index in [0.717, 1.165) is 18.9 Å². The van der Waals surface area contributed by atoms with Crippen LogP contribution in [0.4, 0.5) is 0 Å². The summed E-state index contributed by atoms with van der Waals surface area (Å²) in [4.78, 5) is 11.2. The number of aryl methyl sites for hydroxylation is 1. The van der Waals surface area contributed by atoms with E-state index in [0.29, 0.717) is 5.92 Å². The number of aromatic nitrogens is 3. The Morgan fingerprint density at radius 3 is 2.69 bits per heavy atom. The SMILES string of the molecule is Cc1nccn1CC1CCCN(Cc2ccc(-c3cccnc3)cc2)C1. The molecule has 26 heavy (non-hydrogen) atoms. The largest absolute Gasteiger partial charge is 0.335 e. The van der Waals surface area contributed by atoms with Crippen molar-refractivity contribution in [2.45, 2.75) is 32.9 Å². The summed E-state index contributed by atoms with van der Waals surface area (Å²) >= 11 is 0. The molecule has 1 fully saturated rings. The van der Waals surface area contributed by atoms with Gasteiger partial charge in [0.05, 0.1) is 0 Å². The maximum Gasteiger partial charge on any atom is 0.105 e. The molecule has 1 aliphatic rings. The summed E-state index contributed by atoms with van der Waals surface area (Å²) in [6.07, 6.45) is 10.3. The fourth-order valence-corrected chi connectivity index (χ4v) is 3.91. The third-order valence-electron chi connectivity index (χ3n) is 5.34. The van der Waals surface area contributed by atoms with Crippen LogP contribution in [0.2, 0.25) is 0 Å². The molecule has 4 rings (SSSR count). The summed E-state index contributed by atoms with van der Waals surface area (Å²) in [7, 11) is 0. The first kappa shape index (κ1) is 17.0. The summed E-state index contributed by atoms with van der Waals surface area (Å²) in [5.74, 6) is 1.83. The van der Waals surface area contributed by atoms with Crippen LogP contribution in [0.25, 0.3) is 11.1 Å². The molecule has 0 aliphatic carbocycles. The van der Waals surface area contributed by atoms with Gasteiger partial charge in [-0.3, -0.25) is 9.88 Å². The van der Waals surface area contributed by atoms with E-state index in [1.54, 1.807) is 0 Å². The highest BCUT2D eigenvalue weighted by Crippen LogP contribution is 2.22. The molecule has 0 saturated carbocycles. The van der Waals surface area contributed by atoms with Gasteiger partial charge in [0.1, 0.15) is 5.82 Å². The van der Waals surface area contributed by atoms with Crippen molar-refractivity contribution in [3.05, 3.63) is 72.6 Å². The molecule has 4 heteroatoms. The highest BCUT2D eigenvalue weighted by Gasteiger charge is 2.20. The number of hydrogen-bond acceptors (Lipinski definition) is 3. The average molecular weight is 346 g/mol. The van der Waals surface area contributed by atoms with Gasteiger partial charge in [-0.2, -0.15) is 0 Å². The number of piperidine rings is 1. The number of rotatable bonds is 5. The van der Waals surface area contributed by atoms with Crippen LogP contribution in [0.5, 0.6) is 0 Å². The van der Waals surface area contributed by atoms with Crippen molar-refractivity contribution in [3.8, 4) is 11.1 Å². The van der Waals surface area contributed by atoms with Gasteiger partial charge in [-0.1, -0.05) is 30.3 Å². The van der Waals surface area contributed by atoms with E-state index in [1.165, 1.54) is 42.6 Å². The van der Waals surface area contributed by atoms with E-state index in [2.05, 4.69) is 62.9 Å². The Kier molecular flexibility index (Phi) is 5.12. The maximum absolute atomic E-state index is 4.35. The fourth-order valence-electron chi connectivity index (χ4n) is 3.91. The topological polar surface area (TPSA) is 34.0 Å². The standard InChI is InChI=1S/C22H26N4/c1-18-24-11-13-26(18)17-20-4-3-12-25(16-20)15-19-6-8-21(9-7-19)22-5-2-10-23-14-22/h2,5-11,13-14,20H,3-4,12,15-17H2,1H3. The number of likely N-dealkylation sites (tertiary alicyclic amines) is 1. The quantitative estimate of drug-likeness (QED) is 0.695. The first-order chi connectivity index (χ1) is 12.8. The first-order valence-corrected chi connectivity index (χ1v) is 9.47. The smallest absolute Gasteiger partial charge is 0.105 e. The second-order valence-electron chi connectivity index (χ2n) is 7.31. The number of pyridine rings is 1. The van der Waals surface area contributed by atoms with Crippen molar-refractivity contribution in [1.82, 2.24) is 19.4 Å². The third-order valence-corrected chi connectivity index (χ3v) is 5.34. The molecule has 2 aromatic heterocycles. The summed E-state index contributed by atoms with van der Waals surface area (Å²) < 4.78 is 2.29. The lowest BCUT2D eigenvalue weighted by Gasteiger charge is -2.33. The minimum absolute atomic E-state index is 0.714. The molecule has 3 heterocycles. The van der Waals surface area contributed by atoms with Gasteiger partial charge in [0, 0.05) is 44.4 Å². The Morgan fingerprint density at radius 1 is 1.08 bits per heavy atom. The normalized spacial score (nSPS) is 18.1. The van der Waals surface area contributed by atoms with Crippen LogP contribution in [0.15, 0.2) is 61.2 Å². The lowest BCUT2D eigenvalue weighted by atomic mass is 9.97. The van der Waals surface area contributed by atoms with Gasteiger partial charge < -0.3 is 4.57 Å². The predicted molar refractivity (Wildman–Crippen MR) is 105 cm³/mol. The summed E-state index contributed by atoms with van der Waals surface area (Å²) in [6, 6.07) is 13.0. The third kappa shape index (κ3) is 4.02. The van der Waals surface area contributed by atoms with Gasteiger partial charge in [0.2, 0.25) is 0 Å². The number of nitrogens with zero attached hydrogens (tertiary/aromatic N) is 4. The Balaban J connectivity index is 1.37. The van der Waals surface area contributed by atoms with Crippen molar-refractivity contribution in [3.63, 3.8) is 0 Å². The van der Waals surface area contributed by atoms with Crippen molar-refractivity contribution in [1.29, 1.82) is 0 Å². The van der Waals surface area contributed by atoms with Crippen molar-refractivity contribution in [2.75, 3.05) is 13.1 Å². The van der Waals surface area contributed by atoms with Crippen LogP contribution < -0.4 is 0 Å². The zero-order chi connectivity index (χ0) is 17.8. The van der Waals surface area contributed by atoms with E-state index in [1.807, 2.05) is 24.7 Å². The van der Waals surface area contributed by atoms with E-state index in [4.69, 9.17) is 0 Å². The van der Waals surface area contributed by atoms with E-state index < -0.39 is 0 Å². The van der Waals surface area contributed by atoms with Gasteiger partial charge in [-0.05, 0) is 55.0 Å². The zero-order valence-corrected chi connectivity index (χ0v) is 15.4. The Bertz CT molecular complexity index is 823. The Morgan fingerprint density at radius 2 is 1.96 bits per heavy atom. The molecule has 0 bridgehead atoms. The minimum atomic E-state index is 0.714. The molecular weight excluding hydrogens is 320 g/mol. The molecule has 0 spiro atoms. The fraction of sp³-hybridized carbons (Fsp3) is 0.364. The molecule has 0 N–H and O–H groups in total. The lowest BCUT2D eigenvalue weighted by molar-refractivity contribution is 0.155. The van der Waals surface area contributed by atoms with Gasteiger partial charge in [0.25, 0.3) is 0 Å². The molecule has 1 unspecified atom stereocenters. The predicted octanol–water partition coefficient (Wildman–Crippen LogP) is 4.17. The van der Waals surface area contributed by atoms with Crippen LogP contribution in [-0.4, -0.2) is 32.5 Å². The maximum atomic E-state index is 4.35. The van der Waals surface area contributed by atoms with Crippen molar-refractivity contribution < 1.29 is 0 Å². The highest BCUT2D eigenvalue weighted by atomic mass is 15.1. The summed E-state index contributed by atoms with van der Waals surface area (Å²) in [5, 5.41) is 0. The van der Waals surface area contributed by atoms with Crippen LogP contribution in [-0.2, 0) is 13.1 Å². The Hall–Kier alpha value is -2.46. The molecule has 1 atom stereocenters. The second kappa shape index (κ2) is 7.83. The molecule has 1 saturated heterocycles. The monoisotopic (exact) mass is 346 g/mol. The molecule has 0 amide bonds. The molecular formula is C22H26N4. The number of benzene rings is 1. The molecule has 4 nitrogen and oxygen atoms in total. The second-order valence-corrected chi connectivity index (χ2v) is 7.31. The lowest BCUT2D eigenvalue weighted by Crippen LogP contribution is -2.36. The summed E-state index contributed by atoms with van der Waals surface area (Å²) in [5.41, 5.74) is 3.79. The number of imidazole rings is 1. The van der Waals surface area contributed by atoms with Crippen molar-refractivity contribution in [2.24, 2.45) is 5.92 Å². The minimum Gasteiger partial charge on any atom is -0.335 e. The van der Waals surface area contributed by atoms with E-state index in [-0.39, 0.29) is 0 Å². The molecule has 1 aliphatic heterocycles. The van der Waals surface area contributed by atoms with Crippen LogP contribution in [0, 0.1) is 12.8 Å². The summed E-state index contributed by atoms with van der Waals surface area (Å²) in [6.45, 7) is 6.57. The molecule has 134 valence electrons. The molecule has 0 radical (unpaired) electrons. The van der Waals surface area contributed by atoms with Crippen LogP contribution in [0.1, 0.15) is 24.2 Å². The number of hydrogen-bond donors (Lipinski definition) is 0. The van der Waals surface area contributed by atoms with Gasteiger partial charge in [-0.25, -0.2) is 4.98 Å². The van der Waals surface area contributed by atoms with Gasteiger partial charge in [-0.15, -0.1) is 0 Å². The van der Waals surface area contributed by atoms with Crippen molar-refractivity contribution >= 4 is 0 Å². The van der Waals surface area contributed by atoms with E-state index in [9.17, 15) is 0 Å². The van der Waals surface area contributed by atoms with Gasteiger partial charge >= 0.3 is 0 Å². The Labute approximate surface area is 155 Å². The first-order valence-electron chi connectivity index (χ1n) is 9.47. The zero-order valence-electron chi connectivity index (χ0n) is 15.4. The van der Waals surface area contributed by atoms with E-state index >= 15 is 0 Å². The van der Waals surface area contributed by atoms with Crippen LogP contribution in [0.3, 0.4) is 0 Å². The molecule has 3 aromatic rings.